The monoisotopic (exact) mass is 258 g/mol. The Labute approximate surface area is 117 Å². The van der Waals surface area contributed by atoms with Crippen molar-refractivity contribution in [2.75, 3.05) is 0 Å². The third-order valence-electron chi connectivity index (χ3n) is 6.43. The van der Waals surface area contributed by atoms with Crippen molar-refractivity contribution in [3.05, 3.63) is 29.6 Å². The number of nitrogens with zero attached hydrogens (tertiary/aromatic N) is 1. The number of nitrogens with one attached hydrogen (secondary N) is 1. The van der Waals surface area contributed by atoms with Crippen LogP contribution in [0.2, 0.25) is 0 Å². The zero-order valence-corrected chi connectivity index (χ0v) is 12.7. The number of aromatic nitrogens is 1. The average Bonchev–Trinajstić information content (AvgIpc) is 2.70. The predicted molar refractivity (Wildman–Crippen MR) is 78.8 cm³/mol. The largest absolute Gasteiger partial charge is 0.308 e. The maximum Gasteiger partial charge on any atom is 0.0570 e. The van der Waals surface area contributed by atoms with Crippen LogP contribution in [0, 0.1) is 23.7 Å². The summed E-state index contributed by atoms with van der Waals surface area (Å²) in [5.41, 5.74) is 3.44. The first-order valence-electron chi connectivity index (χ1n) is 7.59. The molecule has 1 heterocycles. The quantitative estimate of drug-likeness (QED) is 0.894. The molecular formula is C17H26N2. The van der Waals surface area contributed by atoms with Crippen LogP contribution in [0.1, 0.15) is 51.3 Å². The lowest BCUT2D eigenvalue weighted by Gasteiger charge is -2.39. The van der Waals surface area contributed by atoms with E-state index >= 15 is 0 Å². The summed E-state index contributed by atoms with van der Waals surface area (Å²) in [6, 6.07) is 4.82. The van der Waals surface area contributed by atoms with Crippen LogP contribution in [0.5, 0.6) is 0 Å². The zero-order valence-electron chi connectivity index (χ0n) is 12.7. The van der Waals surface area contributed by atoms with Gasteiger partial charge in [-0.1, -0.05) is 26.8 Å². The first-order chi connectivity index (χ1) is 8.95. The van der Waals surface area contributed by atoms with Crippen LogP contribution in [-0.2, 0) is 6.54 Å². The Morgan fingerprint density at radius 2 is 2.16 bits per heavy atom. The van der Waals surface area contributed by atoms with Crippen LogP contribution in [0.4, 0.5) is 0 Å². The number of fused-ring (bicyclic) bond motifs is 2. The van der Waals surface area contributed by atoms with Crippen molar-refractivity contribution in [3.63, 3.8) is 0 Å². The van der Waals surface area contributed by atoms with E-state index in [-0.39, 0.29) is 0 Å². The van der Waals surface area contributed by atoms with Gasteiger partial charge >= 0.3 is 0 Å². The first kappa shape index (κ1) is 13.1. The maximum absolute atomic E-state index is 4.50. The van der Waals surface area contributed by atoms with Crippen molar-refractivity contribution in [1.29, 1.82) is 0 Å². The van der Waals surface area contributed by atoms with Gasteiger partial charge in [0.25, 0.3) is 0 Å². The molecular weight excluding hydrogens is 232 g/mol. The zero-order chi connectivity index (χ0) is 13.7. The molecule has 2 fully saturated rings. The van der Waals surface area contributed by atoms with Gasteiger partial charge in [0, 0.05) is 18.8 Å². The van der Waals surface area contributed by atoms with Gasteiger partial charge in [-0.3, -0.25) is 4.98 Å². The summed E-state index contributed by atoms with van der Waals surface area (Å²) in [5.74, 6) is 0.903. The fourth-order valence-electron chi connectivity index (χ4n) is 4.44. The van der Waals surface area contributed by atoms with Crippen LogP contribution in [-0.4, -0.2) is 11.0 Å². The summed E-state index contributed by atoms with van der Waals surface area (Å²) in [6.45, 7) is 10.5. The van der Waals surface area contributed by atoms with Gasteiger partial charge in [0.05, 0.1) is 5.69 Å². The van der Waals surface area contributed by atoms with E-state index in [2.05, 4.69) is 44.1 Å². The standard InChI is InChI=1S/C17H26N2/c1-12-6-5-9-18-14(12)11-19-15-10-13-7-8-17(15,4)16(13,2)3/h5-6,9,13,15,19H,7-8,10-11H2,1-4H3. The molecule has 0 spiro atoms. The van der Waals surface area contributed by atoms with E-state index in [1.54, 1.807) is 0 Å². The van der Waals surface area contributed by atoms with Crippen molar-refractivity contribution in [3.8, 4) is 0 Å². The lowest BCUT2D eigenvalue weighted by molar-refractivity contribution is 0.120. The summed E-state index contributed by atoms with van der Waals surface area (Å²) in [7, 11) is 0. The summed E-state index contributed by atoms with van der Waals surface area (Å²) in [6.07, 6.45) is 6.04. The van der Waals surface area contributed by atoms with E-state index in [9.17, 15) is 0 Å². The van der Waals surface area contributed by atoms with E-state index in [1.165, 1.54) is 30.5 Å². The Balaban J connectivity index is 1.71. The average molecular weight is 258 g/mol. The van der Waals surface area contributed by atoms with E-state index in [4.69, 9.17) is 0 Å². The molecule has 0 saturated heterocycles. The van der Waals surface area contributed by atoms with Crippen molar-refractivity contribution in [2.45, 2.75) is 59.5 Å². The normalized spacial score (nSPS) is 35.8. The lowest BCUT2D eigenvalue weighted by Crippen LogP contribution is -2.44. The number of pyridine rings is 1. The summed E-state index contributed by atoms with van der Waals surface area (Å²) < 4.78 is 0. The summed E-state index contributed by atoms with van der Waals surface area (Å²) in [5, 5.41) is 3.80. The van der Waals surface area contributed by atoms with Crippen LogP contribution < -0.4 is 5.32 Å². The summed E-state index contributed by atoms with van der Waals surface area (Å²) >= 11 is 0. The Hall–Kier alpha value is -0.890. The minimum absolute atomic E-state index is 0.459. The Kier molecular flexibility index (Phi) is 2.97. The van der Waals surface area contributed by atoms with Gasteiger partial charge in [0.2, 0.25) is 0 Å². The number of hydrogen-bond donors (Lipinski definition) is 1. The SMILES string of the molecule is Cc1cccnc1CNC1CC2CCC1(C)C2(C)C. The third-order valence-corrected chi connectivity index (χ3v) is 6.43. The molecule has 0 aliphatic heterocycles. The van der Waals surface area contributed by atoms with E-state index in [0.29, 0.717) is 16.9 Å². The molecule has 2 saturated carbocycles. The van der Waals surface area contributed by atoms with E-state index in [1.807, 2.05) is 12.3 Å². The van der Waals surface area contributed by atoms with Gasteiger partial charge < -0.3 is 5.32 Å². The van der Waals surface area contributed by atoms with Gasteiger partial charge in [0.1, 0.15) is 0 Å². The summed E-state index contributed by atoms with van der Waals surface area (Å²) in [4.78, 5) is 4.50. The van der Waals surface area contributed by atoms with Crippen molar-refractivity contribution in [2.24, 2.45) is 16.7 Å². The molecule has 1 N–H and O–H groups in total. The molecule has 1 aromatic heterocycles. The van der Waals surface area contributed by atoms with Gasteiger partial charge in [-0.2, -0.15) is 0 Å². The van der Waals surface area contributed by atoms with Gasteiger partial charge in [-0.05, 0) is 54.6 Å². The van der Waals surface area contributed by atoms with E-state index in [0.717, 1.165) is 12.5 Å². The van der Waals surface area contributed by atoms with Crippen LogP contribution in [0.25, 0.3) is 0 Å². The molecule has 3 rings (SSSR count). The molecule has 3 unspecified atom stereocenters. The van der Waals surface area contributed by atoms with Crippen LogP contribution >= 0.6 is 0 Å². The second-order valence-corrected chi connectivity index (χ2v) is 7.31. The second-order valence-electron chi connectivity index (χ2n) is 7.31. The number of aryl methyl sites for hydroxylation is 1. The lowest BCUT2D eigenvalue weighted by atomic mass is 9.69. The van der Waals surface area contributed by atoms with E-state index < -0.39 is 0 Å². The van der Waals surface area contributed by atoms with Crippen molar-refractivity contribution in [1.82, 2.24) is 10.3 Å². The smallest absolute Gasteiger partial charge is 0.0570 e. The molecule has 0 aromatic carbocycles. The molecule has 19 heavy (non-hydrogen) atoms. The fourth-order valence-corrected chi connectivity index (χ4v) is 4.44. The first-order valence-corrected chi connectivity index (χ1v) is 7.59. The Morgan fingerprint density at radius 1 is 1.37 bits per heavy atom. The van der Waals surface area contributed by atoms with Crippen molar-refractivity contribution >= 4 is 0 Å². The Morgan fingerprint density at radius 3 is 2.74 bits per heavy atom. The molecule has 0 amide bonds. The molecule has 1 aromatic rings. The topological polar surface area (TPSA) is 24.9 Å². The Bertz CT molecular complexity index is 480. The van der Waals surface area contributed by atoms with Gasteiger partial charge in [-0.25, -0.2) is 0 Å². The molecule has 0 radical (unpaired) electrons. The highest BCUT2D eigenvalue weighted by atomic mass is 15.0. The minimum Gasteiger partial charge on any atom is -0.308 e. The van der Waals surface area contributed by atoms with Crippen LogP contribution in [0.3, 0.4) is 0 Å². The number of rotatable bonds is 3. The maximum atomic E-state index is 4.50. The molecule has 3 atom stereocenters. The molecule has 2 bridgehead atoms. The molecule has 2 aliphatic rings. The molecule has 2 aliphatic carbocycles. The fraction of sp³-hybridized carbons (Fsp3) is 0.706. The van der Waals surface area contributed by atoms with Crippen LogP contribution in [0.15, 0.2) is 18.3 Å². The molecule has 104 valence electrons. The van der Waals surface area contributed by atoms with Gasteiger partial charge in [0.15, 0.2) is 0 Å². The molecule has 2 nitrogen and oxygen atoms in total. The minimum atomic E-state index is 0.459. The highest BCUT2D eigenvalue weighted by Gasteiger charge is 2.60. The highest BCUT2D eigenvalue weighted by Crippen LogP contribution is 2.65. The highest BCUT2D eigenvalue weighted by molar-refractivity contribution is 5.18. The van der Waals surface area contributed by atoms with Gasteiger partial charge in [-0.15, -0.1) is 0 Å². The number of hydrogen-bond acceptors (Lipinski definition) is 2. The molecule has 2 heteroatoms. The van der Waals surface area contributed by atoms with Crippen molar-refractivity contribution < 1.29 is 0 Å². The predicted octanol–water partition coefficient (Wildman–Crippen LogP) is 3.69. The third kappa shape index (κ3) is 1.84. The second kappa shape index (κ2) is 4.31.